The number of carbonyl (C=O) groups excluding carboxylic acids is 1. The Hall–Kier alpha value is -2.97. The van der Waals surface area contributed by atoms with Crippen LogP contribution in [0.5, 0.6) is 0 Å². The number of rotatable bonds is 6. The maximum absolute atomic E-state index is 13.9. The fraction of sp³-hybridized carbons (Fsp3) is 0.150. The van der Waals surface area contributed by atoms with Gasteiger partial charge in [0.15, 0.2) is 5.82 Å². The van der Waals surface area contributed by atoms with Crippen molar-refractivity contribution in [3.63, 3.8) is 0 Å². The van der Waals surface area contributed by atoms with E-state index in [9.17, 15) is 9.18 Å². The molecule has 0 aliphatic heterocycles. The van der Waals surface area contributed by atoms with Gasteiger partial charge in [-0.2, -0.15) is 10.2 Å². The zero-order valence-corrected chi connectivity index (χ0v) is 17.0. The Labute approximate surface area is 175 Å². The first-order valence-electron chi connectivity index (χ1n) is 8.82. The van der Waals surface area contributed by atoms with Crippen molar-refractivity contribution in [2.75, 3.05) is 5.32 Å². The van der Waals surface area contributed by atoms with Crippen LogP contribution in [-0.4, -0.2) is 25.5 Å². The number of nitrogens with zero attached hydrogens (tertiary/aromatic N) is 4. The number of halogens is 2. The number of hydrogen-bond donors (Lipinski definition) is 1. The van der Waals surface area contributed by atoms with Crippen LogP contribution in [0.2, 0.25) is 5.02 Å². The summed E-state index contributed by atoms with van der Waals surface area (Å²) >= 11 is 7.22. The van der Waals surface area contributed by atoms with Gasteiger partial charge in [0.05, 0.1) is 29.2 Å². The van der Waals surface area contributed by atoms with E-state index in [1.54, 1.807) is 46.0 Å². The van der Waals surface area contributed by atoms with Crippen LogP contribution in [0.1, 0.15) is 26.5 Å². The summed E-state index contributed by atoms with van der Waals surface area (Å²) in [4.78, 5) is 13.1. The molecule has 0 fully saturated rings. The second kappa shape index (κ2) is 8.18. The van der Waals surface area contributed by atoms with Crippen molar-refractivity contribution in [2.24, 2.45) is 0 Å². The number of carbonyl (C=O) groups is 1. The molecule has 3 aromatic heterocycles. The third kappa shape index (κ3) is 4.55. The predicted octanol–water partition coefficient (Wildman–Crippen LogP) is 4.59. The van der Waals surface area contributed by atoms with E-state index in [2.05, 4.69) is 15.5 Å². The van der Waals surface area contributed by atoms with Gasteiger partial charge in [0.25, 0.3) is 5.91 Å². The monoisotopic (exact) mass is 429 g/mol. The number of benzene rings is 1. The molecule has 0 aliphatic rings. The van der Waals surface area contributed by atoms with Crippen LogP contribution < -0.4 is 5.32 Å². The van der Waals surface area contributed by atoms with E-state index in [4.69, 9.17) is 11.6 Å². The number of nitrogens with one attached hydrogen (secondary N) is 1. The highest BCUT2D eigenvalue weighted by atomic mass is 35.5. The standard InChI is InChI=1S/C20H17ClFN5OS/c1-13-6-19(25-27(13)10-15-4-2-3-5-17(15)22)24-20(28)18-7-14(12-29-18)9-26-11-16(21)8-23-26/h2-8,11-12H,9-10H2,1H3,(H,24,25,28). The number of thiophene rings is 1. The molecule has 0 bridgehead atoms. The van der Waals surface area contributed by atoms with Crippen LogP contribution in [0.15, 0.2) is 54.2 Å². The molecule has 3 heterocycles. The van der Waals surface area contributed by atoms with Crippen molar-refractivity contribution in [3.8, 4) is 0 Å². The van der Waals surface area contributed by atoms with Gasteiger partial charge >= 0.3 is 0 Å². The number of anilines is 1. The van der Waals surface area contributed by atoms with E-state index in [1.807, 2.05) is 18.4 Å². The summed E-state index contributed by atoms with van der Waals surface area (Å²) in [5, 5.41) is 13.8. The first-order chi connectivity index (χ1) is 14.0. The molecule has 29 heavy (non-hydrogen) atoms. The molecule has 0 unspecified atom stereocenters. The highest BCUT2D eigenvalue weighted by molar-refractivity contribution is 7.12. The molecule has 0 aliphatic carbocycles. The summed E-state index contributed by atoms with van der Waals surface area (Å²) in [5.74, 6) is -0.0921. The van der Waals surface area contributed by atoms with E-state index in [1.165, 1.54) is 17.4 Å². The largest absolute Gasteiger partial charge is 0.304 e. The zero-order valence-electron chi connectivity index (χ0n) is 15.5. The molecule has 1 aromatic carbocycles. The third-order valence-electron chi connectivity index (χ3n) is 4.32. The van der Waals surface area contributed by atoms with E-state index in [-0.39, 0.29) is 11.7 Å². The SMILES string of the molecule is Cc1cc(NC(=O)c2cc(Cn3cc(Cl)cn3)cs2)nn1Cc1ccccc1F. The van der Waals surface area contributed by atoms with Gasteiger partial charge in [0, 0.05) is 23.5 Å². The Kier molecular flexibility index (Phi) is 5.46. The topological polar surface area (TPSA) is 64.7 Å². The number of aromatic nitrogens is 4. The van der Waals surface area contributed by atoms with Crippen molar-refractivity contribution in [1.82, 2.24) is 19.6 Å². The van der Waals surface area contributed by atoms with Crippen LogP contribution in [0.25, 0.3) is 0 Å². The van der Waals surface area contributed by atoms with Gasteiger partial charge in [-0.15, -0.1) is 11.3 Å². The van der Waals surface area contributed by atoms with Crippen LogP contribution in [0, 0.1) is 12.7 Å². The molecular weight excluding hydrogens is 413 g/mol. The molecule has 4 aromatic rings. The van der Waals surface area contributed by atoms with Crippen molar-refractivity contribution < 1.29 is 9.18 Å². The number of hydrogen-bond acceptors (Lipinski definition) is 4. The van der Waals surface area contributed by atoms with Crippen molar-refractivity contribution in [3.05, 3.63) is 86.7 Å². The average molecular weight is 430 g/mol. The molecule has 0 saturated carbocycles. The molecule has 148 valence electrons. The minimum atomic E-state index is -0.280. The first kappa shape index (κ1) is 19.4. The van der Waals surface area contributed by atoms with Crippen LogP contribution in [0.4, 0.5) is 10.2 Å². The predicted molar refractivity (Wildman–Crippen MR) is 111 cm³/mol. The summed E-state index contributed by atoms with van der Waals surface area (Å²) in [5.41, 5.74) is 2.32. The van der Waals surface area contributed by atoms with E-state index < -0.39 is 0 Å². The van der Waals surface area contributed by atoms with Crippen molar-refractivity contribution in [1.29, 1.82) is 0 Å². The molecular formula is C20H17ClFN5OS. The fourth-order valence-electron chi connectivity index (χ4n) is 2.89. The lowest BCUT2D eigenvalue weighted by Crippen LogP contribution is -2.12. The molecule has 6 nitrogen and oxygen atoms in total. The molecule has 4 rings (SSSR count). The Morgan fingerprint density at radius 3 is 2.86 bits per heavy atom. The molecule has 0 radical (unpaired) electrons. The molecule has 0 atom stereocenters. The molecule has 1 amide bonds. The summed E-state index contributed by atoms with van der Waals surface area (Å²) in [7, 11) is 0. The number of aryl methyl sites for hydroxylation is 1. The molecule has 1 N–H and O–H groups in total. The smallest absolute Gasteiger partial charge is 0.266 e. The normalized spacial score (nSPS) is 11.0. The Morgan fingerprint density at radius 1 is 1.28 bits per heavy atom. The zero-order chi connectivity index (χ0) is 20.4. The molecule has 0 saturated heterocycles. The summed E-state index contributed by atoms with van der Waals surface area (Å²) in [6.07, 6.45) is 3.30. The lowest BCUT2D eigenvalue weighted by atomic mass is 10.2. The molecule has 0 spiro atoms. The van der Waals surface area contributed by atoms with Gasteiger partial charge in [0.2, 0.25) is 0 Å². The lowest BCUT2D eigenvalue weighted by Gasteiger charge is -2.05. The fourth-order valence-corrected chi connectivity index (χ4v) is 3.84. The second-order valence-corrected chi connectivity index (χ2v) is 7.90. The van der Waals surface area contributed by atoms with E-state index in [0.717, 1.165) is 11.3 Å². The summed E-state index contributed by atoms with van der Waals surface area (Å²) in [6, 6.07) is 10.1. The van der Waals surface area contributed by atoms with Gasteiger partial charge in [-0.3, -0.25) is 14.2 Å². The van der Waals surface area contributed by atoms with Gasteiger partial charge in [0.1, 0.15) is 5.82 Å². The second-order valence-electron chi connectivity index (χ2n) is 6.55. The minimum Gasteiger partial charge on any atom is -0.304 e. The van der Waals surface area contributed by atoms with Crippen molar-refractivity contribution >= 4 is 34.7 Å². The van der Waals surface area contributed by atoms with Crippen molar-refractivity contribution in [2.45, 2.75) is 20.0 Å². The van der Waals surface area contributed by atoms with Crippen LogP contribution >= 0.6 is 22.9 Å². The first-order valence-corrected chi connectivity index (χ1v) is 10.1. The summed E-state index contributed by atoms with van der Waals surface area (Å²) < 4.78 is 17.3. The van der Waals surface area contributed by atoms with Gasteiger partial charge in [-0.25, -0.2) is 4.39 Å². The van der Waals surface area contributed by atoms with E-state index in [0.29, 0.717) is 34.4 Å². The summed E-state index contributed by atoms with van der Waals surface area (Å²) in [6.45, 7) is 2.69. The Balaban J connectivity index is 1.43. The highest BCUT2D eigenvalue weighted by Crippen LogP contribution is 2.19. The van der Waals surface area contributed by atoms with Crippen LogP contribution in [-0.2, 0) is 13.1 Å². The maximum atomic E-state index is 13.9. The maximum Gasteiger partial charge on any atom is 0.266 e. The van der Waals surface area contributed by atoms with Crippen LogP contribution in [0.3, 0.4) is 0 Å². The third-order valence-corrected chi connectivity index (χ3v) is 5.50. The minimum absolute atomic E-state index is 0.240. The van der Waals surface area contributed by atoms with Gasteiger partial charge < -0.3 is 5.32 Å². The Bertz CT molecular complexity index is 1170. The van der Waals surface area contributed by atoms with E-state index >= 15 is 0 Å². The quantitative estimate of drug-likeness (QED) is 0.487. The average Bonchev–Trinajstić information content (AvgIpc) is 3.39. The Morgan fingerprint density at radius 2 is 2.10 bits per heavy atom. The molecule has 9 heteroatoms. The van der Waals surface area contributed by atoms with Gasteiger partial charge in [-0.05, 0) is 30.0 Å². The highest BCUT2D eigenvalue weighted by Gasteiger charge is 2.14. The van der Waals surface area contributed by atoms with Gasteiger partial charge in [-0.1, -0.05) is 29.8 Å². The number of amides is 1. The lowest BCUT2D eigenvalue weighted by molar-refractivity contribution is 0.103.